The molecule has 0 aliphatic carbocycles. The zero-order valence-electron chi connectivity index (χ0n) is 22.9. The van der Waals surface area contributed by atoms with Crippen molar-refractivity contribution in [2.75, 3.05) is 0 Å². The smallest absolute Gasteiger partial charge is 0.0886 e. The molecule has 12 nitrogen and oxygen atoms in total. The molecule has 6 heterocycles. The summed E-state index contributed by atoms with van der Waals surface area (Å²) in [6.45, 7) is 0. The first kappa shape index (κ1) is 45.3. The summed E-state index contributed by atoms with van der Waals surface area (Å²) in [6.07, 6.45) is 10.6. The van der Waals surface area contributed by atoms with Crippen molar-refractivity contribution in [2.45, 2.75) is 0 Å². The molecule has 0 unspecified atom stereocenters. The minimum absolute atomic E-state index is 0. The van der Waals surface area contributed by atoms with E-state index in [1.54, 1.807) is 37.2 Å². The number of nitrogens with zero attached hydrogens (tertiary/aromatic N) is 6. The van der Waals surface area contributed by atoms with Crippen LogP contribution in [-0.2, 0) is 19.5 Å². The molecule has 0 radical (unpaired) electrons. The predicted octanol–water partition coefficient (Wildman–Crippen LogP) is 1.48. The van der Waals surface area contributed by atoms with E-state index in [1.807, 2.05) is 109 Å². The number of hydrogen-bond donors (Lipinski definition) is 0. The van der Waals surface area contributed by atoms with Crippen LogP contribution in [-0.4, -0.2) is 62.8 Å². The van der Waals surface area contributed by atoms with E-state index in [1.165, 1.54) is 0 Å². The summed E-state index contributed by atoms with van der Waals surface area (Å²) >= 11 is 0. The Morgan fingerprint density at radius 1 is 0.233 bits per heavy atom. The molecule has 6 aromatic heterocycles. The maximum Gasteiger partial charge on any atom is 0.0886 e. The fraction of sp³-hybridized carbons (Fsp3) is 0. The first-order chi connectivity index (χ1) is 17.9. The fourth-order valence-electron chi connectivity index (χ4n) is 3.09. The van der Waals surface area contributed by atoms with Crippen molar-refractivity contribution in [3.63, 3.8) is 0 Å². The number of aromatic nitrogens is 6. The van der Waals surface area contributed by atoms with Gasteiger partial charge in [0.1, 0.15) is 0 Å². The maximum atomic E-state index is 4.19. The average Bonchev–Trinajstić information content (AvgIpc) is 3.01. The molecule has 0 atom stereocenters. The molecular weight excluding hydrogens is 641 g/mol. The molecule has 12 N–H and O–H groups in total. The Bertz CT molecular complexity index is 1130. The van der Waals surface area contributed by atoms with Crippen molar-refractivity contribution in [1.29, 1.82) is 0 Å². The van der Waals surface area contributed by atoms with Crippen LogP contribution < -0.4 is 0 Å². The van der Waals surface area contributed by atoms with Crippen molar-refractivity contribution in [3.05, 3.63) is 146 Å². The molecule has 0 aromatic carbocycles. The van der Waals surface area contributed by atoms with E-state index >= 15 is 0 Å². The van der Waals surface area contributed by atoms with Gasteiger partial charge in [0, 0.05) is 56.7 Å². The molecule has 0 aliphatic heterocycles. The van der Waals surface area contributed by atoms with Crippen LogP contribution in [0.5, 0.6) is 0 Å². The van der Waals surface area contributed by atoms with Gasteiger partial charge in [-0.15, -0.1) is 0 Å². The third-order valence-electron chi connectivity index (χ3n) is 4.78. The van der Waals surface area contributed by atoms with Crippen molar-refractivity contribution < 1.29 is 52.3 Å². The molecule has 0 bridgehead atoms. The Morgan fingerprint density at radius 2 is 0.372 bits per heavy atom. The molecular formula is C30H36N6O6Ru. The summed E-state index contributed by atoms with van der Waals surface area (Å²) < 4.78 is 0. The van der Waals surface area contributed by atoms with E-state index in [2.05, 4.69) is 29.9 Å². The first-order valence-corrected chi connectivity index (χ1v) is 11.4. The van der Waals surface area contributed by atoms with E-state index in [0.29, 0.717) is 0 Å². The summed E-state index contributed by atoms with van der Waals surface area (Å²) in [4.78, 5) is 25.1. The fourth-order valence-corrected chi connectivity index (χ4v) is 3.09. The normalized spacial score (nSPS) is 8.09. The predicted molar refractivity (Wildman–Crippen MR) is 164 cm³/mol. The number of hydrogen-bond acceptors (Lipinski definition) is 6. The van der Waals surface area contributed by atoms with Gasteiger partial charge in [0.15, 0.2) is 0 Å². The van der Waals surface area contributed by atoms with Crippen molar-refractivity contribution in [3.8, 4) is 34.2 Å². The average molecular weight is 678 g/mol. The van der Waals surface area contributed by atoms with Crippen molar-refractivity contribution in [2.24, 2.45) is 0 Å². The SMILES string of the molecule is O.O.O.O.O.O.[Ru].c1ccc(-c2ccccn2)nc1.c1ccc(-c2ccccn2)nc1.c1ccc(-c2ccccn2)nc1. The van der Waals surface area contributed by atoms with E-state index in [0.717, 1.165) is 34.2 Å². The van der Waals surface area contributed by atoms with E-state index in [-0.39, 0.29) is 52.3 Å². The summed E-state index contributed by atoms with van der Waals surface area (Å²) in [6, 6.07) is 34.8. The molecule has 0 amide bonds. The van der Waals surface area contributed by atoms with Crippen LogP contribution in [0.1, 0.15) is 0 Å². The maximum absolute atomic E-state index is 4.19. The second-order valence-electron chi connectivity index (χ2n) is 7.29. The molecule has 0 saturated carbocycles. The summed E-state index contributed by atoms with van der Waals surface area (Å²) in [5.41, 5.74) is 5.49. The van der Waals surface area contributed by atoms with Crippen LogP contribution in [0.2, 0.25) is 0 Å². The van der Waals surface area contributed by atoms with Gasteiger partial charge < -0.3 is 32.9 Å². The van der Waals surface area contributed by atoms with Crippen LogP contribution in [0.15, 0.2) is 146 Å². The van der Waals surface area contributed by atoms with E-state index in [4.69, 9.17) is 0 Å². The molecule has 0 saturated heterocycles. The molecule has 230 valence electrons. The Balaban J connectivity index is -0.000000245. The second kappa shape index (κ2) is 26.2. The van der Waals surface area contributed by atoms with Gasteiger partial charge in [-0.25, -0.2) is 0 Å². The molecule has 6 rings (SSSR count). The van der Waals surface area contributed by atoms with Crippen LogP contribution in [0.4, 0.5) is 0 Å². The Kier molecular flexibility index (Phi) is 27.6. The third-order valence-corrected chi connectivity index (χ3v) is 4.78. The van der Waals surface area contributed by atoms with Gasteiger partial charge in [-0.2, -0.15) is 0 Å². The van der Waals surface area contributed by atoms with Gasteiger partial charge in [0.25, 0.3) is 0 Å². The quantitative estimate of drug-likeness (QED) is 0.250. The monoisotopic (exact) mass is 678 g/mol. The van der Waals surface area contributed by atoms with Crippen LogP contribution in [0, 0.1) is 0 Å². The Morgan fingerprint density at radius 3 is 0.465 bits per heavy atom. The van der Waals surface area contributed by atoms with Crippen LogP contribution >= 0.6 is 0 Å². The Hall–Kier alpha value is -4.72. The van der Waals surface area contributed by atoms with Gasteiger partial charge in [0.05, 0.1) is 34.2 Å². The van der Waals surface area contributed by atoms with Gasteiger partial charge in [-0.05, 0) is 72.8 Å². The zero-order valence-corrected chi connectivity index (χ0v) is 24.6. The van der Waals surface area contributed by atoms with E-state index < -0.39 is 0 Å². The molecule has 0 aliphatic rings. The van der Waals surface area contributed by atoms with Gasteiger partial charge in [-0.3, -0.25) is 29.9 Å². The van der Waals surface area contributed by atoms with Gasteiger partial charge in [0.2, 0.25) is 0 Å². The minimum atomic E-state index is 0. The molecule has 0 spiro atoms. The minimum Gasteiger partial charge on any atom is -0.412 e. The van der Waals surface area contributed by atoms with Gasteiger partial charge >= 0.3 is 0 Å². The largest absolute Gasteiger partial charge is 0.412 e. The van der Waals surface area contributed by atoms with Crippen LogP contribution in [0.25, 0.3) is 34.2 Å². The van der Waals surface area contributed by atoms with Crippen molar-refractivity contribution >= 4 is 0 Å². The van der Waals surface area contributed by atoms with E-state index in [9.17, 15) is 0 Å². The van der Waals surface area contributed by atoms with Gasteiger partial charge in [-0.1, -0.05) is 36.4 Å². The zero-order chi connectivity index (χ0) is 24.7. The molecule has 13 heteroatoms. The van der Waals surface area contributed by atoms with Crippen molar-refractivity contribution in [1.82, 2.24) is 29.9 Å². The Labute approximate surface area is 262 Å². The van der Waals surface area contributed by atoms with Crippen LogP contribution in [0.3, 0.4) is 0 Å². The molecule has 6 aromatic rings. The third kappa shape index (κ3) is 15.2. The summed E-state index contributed by atoms with van der Waals surface area (Å²) in [5, 5.41) is 0. The number of rotatable bonds is 3. The molecule has 43 heavy (non-hydrogen) atoms. The summed E-state index contributed by atoms with van der Waals surface area (Å²) in [5.74, 6) is 0. The number of pyridine rings is 6. The molecule has 0 fully saturated rings. The summed E-state index contributed by atoms with van der Waals surface area (Å²) in [7, 11) is 0. The topological polar surface area (TPSA) is 266 Å². The first-order valence-electron chi connectivity index (χ1n) is 11.4. The second-order valence-corrected chi connectivity index (χ2v) is 7.29. The standard InChI is InChI=1S/3C10H8N2.6H2O.Ru/c3*1-3-7-11-9(5-1)10-6-2-4-8-12-10;;;;;;;/h3*1-8H;6*1H2;.